The topological polar surface area (TPSA) is 97.1 Å². The molecule has 2 aromatic rings. The molecular formula is C16H20N4O3S. The van der Waals surface area contributed by atoms with Crippen molar-refractivity contribution in [2.24, 2.45) is 0 Å². The third-order valence-corrected chi connectivity index (χ3v) is 5.28. The first-order chi connectivity index (χ1) is 11.4. The van der Waals surface area contributed by atoms with Crippen molar-refractivity contribution in [3.05, 3.63) is 24.0 Å². The van der Waals surface area contributed by atoms with Crippen LogP contribution < -0.4 is 5.32 Å². The van der Waals surface area contributed by atoms with Gasteiger partial charge < -0.3 is 10.4 Å². The number of carbonyl (C=O) groups is 2. The number of aliphatic carboxylic acids is 1. The van der Waals surface area contributed by atoms with Gasteiger partial charge in [0.15, 0.2) is 5.65 Å². The fourth-order valence-electron chi connectivity index (χ4n) is 2.84. The highest BCUT2D eigenvalue weighted by Gasteiger charge is 2.41. The maximum atomic E-state index is 12.6. The zero-order valence-corrected chi connectivity index (χ0v) is 14.5. The van der Waals surface area contributed by atoms with Crippen LogP contribution in [0.2, 0.25) is 0 Å². The summed E-state index contributed by atoms with van der Waals surface area (Å²) in [7, 11) is 0. The number of pyridine rings is 1. The number of fused-ring (bicyclic) bond motifs is 1. The average Bonchev–Trinajstić information content (AvgIpc) is 2.98. The Balaban J connectivity index is 1.87. The molecule has 128 valence electrons. The summed E-state index contributed by atoms with van der Waals surface area (Å²) in [4.78, 5) is 28.6. The van der Waals surface area contributed by atoms with Crippen LogP contribution in [0.4, 0.5) is 0 Å². The number of nitrogens with one attached hydrogen (secondary N) is 1. The lowest BCUT2D eigenvalue weighted by atomic mass is 9.92. The predicted octanol–water partition coefficient (Wildman–Crippen LogP) is 2.09. The van der Waals surface area contributed by atoms with Crippen molar-refractivity contribution in [1.29, 1.82) is 0 Å². The predicted molar refractivity (Wildman–Crippen MR) is 92.3 cm³/mol. The Morgan fingerprint density at radius 2 is 2.04 bits per heavy atom. The summed E-state index contributed by atoms with van der Waals surface area (Å²) in [6, 6.07) is 1.88. The highest BCUT2D eigenvalue weighted by molar-refractivity contribution is 7.99. The number of hydrogen-bond donors (Lipinski definition) is 2. The normalized spacial score (nSPS) is 17.1. The molecule has 3 rings (SSSR count). The van der Waals surface area contributed by atoms with E-state index in [1.807, 2.05) is 13.8 Å². The van der Waals surface area contributed by atoms with Crippen molar-refractivity contribution in [3.8, 4) is 0 Å². The third kappa shape index (κ3) is 2.98. The second-order valence-electron chi connectivity index (χ2n) is 6.27. The van der Waals surface area contributed by atoms with E-state index in [0.717, 1.165) is 16.9 Å². The van der Waals surface area contributed by atoms with Gasteiger partial charge in [0.25, 0.3) is 5.91 Å². The Kier molecular flexibility index (Phi) is 4.49. The molecule has 0 bridgehead atoms. The molecule has 2 N–H and O–H groups in total. The molecule has 8 heteroatoms. The smallest absolute Gasteiger partial charge is 0.329 e. The van der Waals surface area contributed by atoms with Crippen molar-refractivity contribution < 1.29 is 14.7 Å². The lowest BCUT2D eigenvalue weighted by molar-refractivity contribution is -0.144. The standard InChI is InChI=1S/C16H20N4O3S/c1-10(2)20-13-11(9-18-20)7-12(8-17-13)14(21)19-16(15(22)23)3-5-24-6-4-16/h7-10H,3-6H2,1-2H3,(H,19,21)(H,22,23). The second-order valence-corrected chi connectivity index (χ2v) is 7.50. The molecule has 3 heterocycles. The van der Waals surface area contributed by atoms with E-state index in [4.69, 9.17) is 0 Å². The molecule has 0 atom stereocenters. The van der Waals surface area contributed by atoms with Gasteiger partial charge in [-0.15, -0.1) is 0 Å². The molecule has 1 saturated heterocycles. The zero-order chi connectivity index (χ0) is 17.3. The van der Waals surface area contributed by atoms with Gasteiger partial charge in [0, 0.05) is 17.6 Å². The Hall–Kier alpha value is -2.09. The van der Waals surface area contributed by atoms with Gasteiger partial charge in [-0.3, -0.25) is 4.79 Å². The summed E-state index contributed by atoms with van der Waals surface area (Å²) in [5.41, 5.74) is -0.118. The fraction of sp³-hybridized carbons (Fsp3) is 0.500. The Bertz CT molecular complexity index is 781. The first-order valence-electron chi connectivity index (χ1n) is 7.90. The van der Waals surface area contributed by atoms with Crippen LogP contribution in [0.3, 0.4) is 0 Å². The third-order valence-electron chi connectivity index (χ3n) is 4.29. The Morgan fingerprint density at radius 3 is 2.67 bits per heavy atom. The molecule has 0 spiro atoms. The number of amides is 1. The molecule has 2 aromatic heterocycles. The summed E-state index contributed by atoms with van der Waals surface area (Å²) in [6.07, 6.45) is 4.01. The number of carbonyl (C=O) groups excluding carboxylic acids is 1. The van der Waals surface area contributed by atoms with Gasteiger partial charge in [-0.25, -0.2) is 14.5 Å². The van der Waals surface area contributed by atoms with Crippen molar-refractivity contribution in [3.63, 3.8) is 0 Å². The lowest BCUT2D eigenvalue weighted by Gasteiger charge is -2.33. The summed E-state index contributed by atoms with van der Waals surface area (Å²) >= 11 is 1.71. The van der Waals surface area contributed by atoms with E-state index in [0.29, 0.717) is 24.1 Å². The number of aromatic nitrogens is 3. The van der Waals surface area contributed by atoms with Crippen LogP contribution in [0.1, 0.15) is 43.1 Å². The Morgan fingerprint density at radius 1 is 1.33 bits per heavy atom. The van der Waals surface area contributed by atoms with Gasteiger partial charge in [-0.1, -0.05) is 0 Å². The van der Waals surface area contributed by atoms with E-state index in [1.54, 1.807) is 28.7 Å². The van der Waals surface area contributed by atoms with Crippen LogP contribution in [0, 0.1) is 0 Å². The zero-order valence-electron chi connectivity index (χ0n) is 13.7. The minimum Gasteiger partial charge on any atom is -0.480 e. The first kappa shape index (κ1) is 16.8. The molecule has 24 heavy (non-hydrogen) atoms. The molecular weight excluding hydrogens is 328 g/mol. The van der Waals surface area contributed by atoms with E-state index < -0.39 is 17.4 Å². The molecule has 1 fully saturated rings. The largest absolute Gasteiger partial charge is 0.480 e. The molecule has 0 unspecified atom stereocenters. The van der Waals surface area contributed by atoms with Crippen LogP contribution in [0.5, 0.6) is 0 Å². The van der Waals surface area contributed by atoms with E-state index in [-0.39, 0.29) is 6.04 Å². The van der Waals surface area contributed by atoms with Gasteiger partial charge in [-0.2, -0.15) is 16.9 Å². The molecule has 0 aliphatic carbocycles. The summed E-state index contributed by atoms with van der Waals surface area (Å²) in [5.74, 6) is 0.0737. The van der Waals surface area contributed by atoms with Crippen LogP contribution >= 0.6 is 11.8 Å². The molecule has 0 saturated carbocycles. The number of nitrogens with zero attached hydrogens (tertiary/aromatic N) is 3. The van der Waals surface area contributed by atoms with Crippen molar-refractivity contribution in [1.82, 2.24) is 20.1 Å². The number of thioether (sulfide) groups is 1. The molecule has 1 aliphatic rings. The van der Waals surface area contributed by atoms with Gasteiger partial charge in [0.05, 0.1) is 11.8 Å². The van der Waals surface area contributed by atoms with Crippen molar-refractivity contribution >= 4 is 34.7 Å². The first-order valence-corrected chi connectivity index (χ1v) is 9.05. The van der Waals surface area contributed by atoms with E-state index in [1.165, 1.54) is 6.20 Å². The van der Waals surface area contributed by atoms with Gasteiger partial charge in [0.1, 0.15) is 5.54 Å². The number of carboxylic acids is 1. The SMILES string of the molecule is CC(C)n1ncc2cc(C(=O)NC3(C(=O)O)CCSCC3)cnc21. The quantitative estimate of drug-likeness (QED) is 0.878. The summed E-state index contributed by atoms with van der Waals surface area (Å²) < 4.78 is 1.79. The summed E-state index contributed by atoms with van der Waals surface area (Å²) in [5, 5.41) is 17.3. The minimum atomic E-state index is -1.18. The van der Waals surface area contributed by atoms with Crippen molar-refractivity contribution in [2.75, 3.05) is 11.5 Å². The molecule has 0 aromatic carbocycles. The van der Waals surface area contributed by atoms with E-state index in [2.05, 4.69) is 15.4 Å². The number of carboxylic acid groups (broad SMARTS) is 1. The second kappa shape index (κ2) is 6.43. The highest BCUT2D eigenvalue weighted by Crippen LogP contribution is 2.28. The van der Waals surface area contributed by atoms with Gasteiger partial charge in [0.2, 0.25) is 0 Å². The van der Waals surface area contributed by atoms with Crippen molar-refractivity contribution in [2.45, 2.75) is 38.3 Å². The van der Waals surface area contributed by atoms with Crippen LogP contribution in [-0.4, -0.2) is 48.8 Å². The monoisotopic (exact) mass is 348 g/mol. The van der Waals surface area contributed by atoms with Gasteiger partial charge >= 0.3 is 5.97 Å². The van der Waals surface area contributed by atoms with Gasteiger partial charge in [-0.05, 0) is 44.3 Å². The molecule has 1 aliphatic heterocycles. The summed E-state index contributed by atoms with van der Waals surface area (Å²) in [6.45, 7) is 4.01. The maximum Gasteiger partial charge on any atom is 0.329 e. The molecule has 7 nitrogen and oxygen atoms in total. The maximum absolute atomic E-state index is 12.6. The highest BCUT2D eigenvalue weighted by atomic mass is 32.2. The lowest BCUT2D eigenvalue weighted by Crippen LogP contribution is -2.56. The average molecular weight is 348 g/mol. The fourth-order valence-corrected chi connectivity index (χ4v) is 4.03. The van der Waals surface area contributed by atoms with E-state index >= 15 is 0 Å². The van der Waals surface area contributed by atoms with Crippen LogP contribution in [0.15, 0.2) is 18.5 Å². The minimum absolute atomic E-state index is 0.171. The molecule has 0 radical (unpaired) electrons. The number of hydrogen-bond acceptors (Lipinski definition) is 5. The molecule has 1 amide bonds. The van der Waals surface area contributed by atoms with Crippen LogP contribution in [-0.2, 0) is 4.79 Å². The number of rotatable bonds is 4. The van der Waals surface area contributed by atoms with E-state index in [9.17, 15) is 14.7 Å². The Labute approximate surface area is 143 Å². The van der Waals surface area contributed by atoms with Crippen LogP contribution in [0.25, 0.3) is 11.0 Å².